The number of benzene rings is 1. The molecule has 0 fully saturated rings. The number of hydrogen-bond donors (Lipinski definition) is 1. The van der Waals surface area contributed by atoms with Crippen molar-refractivity contribution >= 4 is 10.9 Å². The molecule has 1 aromatic carbocycles. The Morgan fingerprint density at radius 1 is 1.25 bits per heavy atom. The van der Waals surface area contributed by atoms with Crippen LogP contribution in [-0.4, -0.2) is 51.2 Å². The van der Waals surface area contributed by atoms with Crippen LogP contribution in [0.15, 0.2) is 42.7 Å². The van der Waals surface area contributed by atoms with Gasteiger partial charge in [0.1, 0.15) is 0 Å². The first-order valence-corrected chi connectivity index (χ1v) is 8.65. The number of likely N-dealkylation sites (N-methyl/N-ethyl adjacent to an activating group) is 1. The van der Waals surface area contributed by atoms with Crippen molar-refractivity contribution in [3.8, 4) is 0 Å². The van der Waals surface area contributed by atoms with Crippen molar-refractivity contribution in [1.82, 2.24) is 24.6 Å². The predicted molar refractivity (Wildman–Crippen MR) is 96.7 cm³/mol. The second-order valence-electron chi connectivity index (χ2n) is 7.01. The van der Waals surface area contributed by atoms with Crippen LogP contribution in [0.25, 0.3) is 10.9 Å². The van der Waals surface area contributed by atoms with Crippen LogP contribution in [0.1, 0.15) is 17.7 Å². The molecular weight excluding hydrogens is 298 g/mol. The number of rotatable bonds is 4. The van der Waals surface area contributed by atoms with Crippen molar-refractivity contribution in [1.29, 1.82) is 0 Å². The number of fused-ring (bicyclic) bond motifs is 2. The largest absolute Gasteiger partial charge is 0.361 e. The van der Waals surface area contributed by atoms with E-state index in [2.05, 4.69) is 69.0 Å². The fraction of sp³-hybridized carbons (Fsp3) is 0.421. The van der Waals surface area contributed by atoms with Gasteiger partial charge in [0.05, 0.1) is 5.69 Å². The summed E-state index contributed by atoms with van der Waals surface area (Å²) in [6.07, 6.45) is 5.09. The van der Waals surface area contributed by atoms with Crippen LogP contribution in [0.2, 0.25) is 0 Å². The number of nitrogens with zero attached hydrogens (tertiary/aromatic N) is 4. The average Bonchev–Trinajstić information content (AvgIpc) is 3.17. The summed E-state index contributed by atoms with van der Waals surface area (Å²) in [5.41, 5.74) is 3.93. The zero-order valence-electron chi connectivity index (χ0n) is 14.4. The van der Waals surface area contributed by atoms with Gasteiger partial charge in [-0.15, -0.1) is 0 Å². The van der Waals surface area contributed by atoms with E-state index in [4.69, 9.17) is 0 Å². The molecule has 3 aromatic rings. The Hall–Kier alpha value is -2.11. The Labute approximate surface area is 142 Å². The topological polar surface area (TPSA) is 40.1 Å². The zero-order valence-corrected chi connectivity index (χ0v) is 14.4. The molecule has 24 heavy (non-hydrogen) atoms. The predicted octanol–water partition coefficient (Wildman–Crippen LogP) is 2.70. The average molecular weight is 323 g/mol. The van der Waals surface area contributed by atoms with Crippen molar-refractivity contribution < 1.29 is 0 Å². The highest BCUT2D eigenvalue weighted by atomic mass is 15.3. The molecule has 0 bridgehead atoms. The summed E-state index contributed by atoms with van der Waals surface area (Å²) in [6.45, 7) is 4.01. The van der Waals surface area contributed by atoms with Gasteiger partial charge in [-0.25, -0.2) is 0 Å². The number of hydrogen-bond acceptors (Lipinski definition) is 3. The second-order valence-corrected chi connectivity index (χ2v) is 7.01. The van der Waals surface area contributed by atoms with E-state index in [1.165, 1.54) is 22.2 Å². The lowest BCUT2D eigenvalue weighted by Crippen LogP contribution is -2.40. The van der Waals surface area contributed by atoms with Crippen molar-refractivity contribution in [3.05, 3.63) is 54.0 Å². The van der Waals surface area contributed by atoms with Crippen LogP contribution in [0.3, 0.4) is 0 Å². The van der Waals surface area contributed by atoms with Gasteiger partial charge in [-0.3, -0.25) is 9.58 Å². The van der Waals surface area contributed by atoms with Gasteiger partial charge in [-0.1, -0.05) is 12.1 Å². The molecule has 1 atom stereocenters. The minimum absolute atomic E-state index is 0.538. The second kappa shape index (κ2) is 6.42. The monoisotopic (exact) mass is 323 g/mol. The summed E-state index contributed by atoms with van der Waals surface area (Å²) in [7, 11) is 4.32. The van der Waals surface area contributed by atoms with E-state index in [1.54, 1.807) is 0 Å². The van der Waals surface area contributed by atoms with E-state index in [0.29, 0.717) is 6.04 Å². The minimum atomic E-state index is 0.538. The van der Waals surface area contributed by atoms with Gasteiger partial charge < -0.3 is 9.88 Å². The van der Waals surface area contributed by atoms with Gasteiger partial charge in [0.15, 0.2) is 0 Å². The van der Waals surface area contributed by atoms with Crippen molar-refractivity contribution in [2.45, 2.75) is 32.1 Å². The number of aromatic amines is 1. The Kier molecular flexibility index (Phi) is 4.12. The summed E-state index contributed by atoms with van der Waals surface area (Å²) < 4.78 is 2.17. The molecule has 3 heterocycles. The van der Waals surface area contributed by atoms with E-state index in [-0.39, 0.29) is 0 Å². The maximum absolute atomic E-state index is 4.48. The molecule has 1 aliphatic rings. The molecule has 0 unspecified atom stereocenters. The molecule has 1 aliphatic heterocycles. The lowest BCUT2D eigenvalue weighted by molar-refractivity contribution is 0.144. The highest BCUT2D eigenvalue weighted by Gasteiger charge is 2.25. The maximum atomic E-state index is 4.48. The molecule has 1 N–H and O–H groups in total. The molecular formula is C19H25N5. The third kappa shape index (κ3) is 2.97. The molecule has 0 spiro atoms. The van der Waals surface area contributed by atoms with Crippen LogP contribution in [-0.2, 0) is 19.6 Å². The fourth-order valence-corrected chi connectivity index (χ4v) is 3.81. The summed E-state index contributed by atoms with van der Waals surface area (Å²) >= 11 is 0. The lowest BCUT2D eigenvalue weighted by atomic mass is 10.1. The summed E-state index contributed by atoms with van der Waals surface area (Å²) in [5, 5.41) is 5.82. The normalized spacial score (nSPS) is 18.9. The highest BCUT2D eigenvalue weighted by Crippen LogP contribution is 2.24. The van der Waals surface area contributed by atoms with Gasteiger partial charge >= 0.3 is 0 Å². The van der Waals surface area contributed by atoms with Crippen molar-refractivity contribution in [3.63, 3.8) is 0 Å². The first kappa shape index (κ1) is 15.4. The van der Waals surface area contributed by atoms with Crippen LogP contribution < -0.4 is 0 Å². The maximum Gasteiger partial charge on any atom is 0.0524 e. The van der Waals surface area contributed by atoms with Crippen LogP contribution >= 0.6 is 0 Å². The van der Waals surface area contributed by atoms with Crippen LogP contribution in [0.4, 0.5) is 0 Å². The number of aryl methyl sites for hydroxylation is 1. The zero-order chi connectivity index (χ0) is 16.5. The fourth-order valence-electron chi connectivity index (χ4n) is 3.81. The molecule has 0 amide bonds. The van der Waals surface area contributed by atoms with Gasteiger partial charge in [-0.05, 0) is 44.3 Å². The van der Waals surface area contributed by atoms with Gasteiger partial charge in [0.25, 0.3) is 0 Å². The number of nitrogens with one attached hydrogen (secondary N) is 1. The number of aromatic nitrogens is 3. The Balaban J connectivity index is 1.65. The quantitative estimate of drug-likeness (QED) is 0.802. The molecule has 0 saturated carbocycles. The van der Waals surface area contributed by atoms with E-state index >= 15 is 0 Å². The van der Waals surface area contributed by atoms with Gasteiger partial charge in [0, 0.05) is 55.5 Å². The first-order chi connectivity index (χ1) is 11.7. The van der Waals surface area contributed by atoms with E-state index < -0.39 is 0 Å². The standard InChI is InChI=1S/C19H25N5/c1-22(2)13-16-8-11-24-17(6-10-21-24)14-23(16)12-15-4-3-5-19-18(15)7-9-20-19/h3-7,9-10,16,20H,8,11-14H2,1-2H3/t16-/m0/s1. The molecule has 5 heteroatoms. The third-order valence-electron chi connectivity index (χ3n) is 4.99. The number of H-pyrrole nitrogens is 1. The molecule has 5 nitrogen and oxygen atoms in total. The third-order valence-corrected chi connectivity index (χ3v) is 4.99. The van der Waals surface area contributed by atoms with Gasteiger partial charge in [0.2, 0.25) is 0 Å². The molecule has 4 rings (SSSR count). The first-order valence-electron chi connectivity index (χ1n) is 8.65. The molecule has 126 valence electrons. The summed E-state index contributed by atoms with van der Waals surface area (Å²) in [4.78, 5) is 8.23. The summed E-state index contributed by atoms with van der Waals surface area (Å²) in [5.74, 6) is 0. The Morgan fingerprint density at radius 3 is 3.04 bits per heavy atom. The molecule has 0 radical (unpaired) electrons. The molecule has 2 aromatic heterocycles. The van der Waals surface area contributed by atoms with Crippen molar-refractivity contribution in [2.75, 3.05) is 20.6 Å². The highest BCUT2D eigenvalue weighted by molar-refractivity contribution is 5.82. The van der Waals surface area contributed by atoms with E-state index in [9.17, 15) is 0 Å². The Morgan fingerprint density at radius 2 is 2.17 bits per heavy atom. The van der Waals surface area contributed by atoms with Gasteiger partial charge in [-0.2, -0.15) is 5.10 Å². The van der Waals surface area contributed by atoms with Crippen LogP contribution in [0.5, 0.6) is 0 Å². The van der Waals surface area contributed by atoms with Crippen LogP contribution in [0, 0.1) is 0 Å². The molecule has 0 aliphatic carbocycles. The lowest BCUT2D eigenvalue weighted by Gasteiger charge is -2.31. The molecule has 0 saturated heterocycles. The summed E-state index contributed by atoms with van der Waals surface area (Å²) in [6, 6.07) is 11.4. The van der Waals surface area contributed by atoms with E-state index in [1.807, 2.05) is 12.4 Å². The van der Waals surface area contributed by atoms with Crippen molar-refractivity contribution in [2.24, 2.45) is 0 Å². The van der Waals surface area contributed by atoms with E-state index in [0.717, 1.165) is 32.6 Å². The minimum Gasteiger partial charge on any atom is -0.361 e. The Bertz CT molecular complexity index is 816. The SMILES string of the molecule is CN(C)C[C@@H]1CCn2nccc2CN1Cc1cccc2[nH]ccc12. The smallest absolute Gasteiger partial charge is 0.0524 e.